The van der Waals surface area contributed by atoms with E-state index in [4.69, 9.17) is 16.3 Å². The van der Waals surface area contributed by atoms with Crippen molar-refractivity contribution in [2.24, 2.45) is 5.92 Å². The Morgan fingerprint density at radius 1 is 1.14 bits per heavy atom. The minimum absolute atomic E-state index is 0.132. The summed E-state index contributed by atoms with van der Waals surface area (Å²) in [4.78, 5) is 14.9. The zero-order chi connectivity index (χ0) is 19.8. The van der Waals surface area contributed by atoms with Gasteiger partial charge in [-0.3, -0.25) is 9.69 Å². The lowest BCUT2D eigenvalue weighted by Gasteiger charge is -2.31. The number of amides is 1. The molecule has 1 fully saturated rings. The number of benzene rings is 2. The SMILES string of the molecule is COc1cccc(CCCNC(=O)C2CCN(Cc3cccc(Cl)c3)CC2)c1. The van der Waals surface area contributed by atoms with Crippen molar-refractivity contribution >= 4 is 17.5 Å². The number of halogens is 1. The van der Waals surface area contributed by atoms with Crippen LogP contribution >= 0.6 is 11.6 Å². The van der Waals surface area contributed by atoms with Gasteiger partial charge >= 0.3 is 0 Å². The van der Waals surface area contributed by atoms with Gasteiger partial charge in [0.1, 0.15) is 5.75 Å². The van der Waals surface area contributed by atoms with Crippen molar-refractivity contribution in [2.45, 2.75) is 32.2 Å². The number of nitrogens with one attached hydrogen (secondary N) is 1. The number of hydrogen-bond acceptors (Lipinski definition) is 3. The van der Waals surface area contributed by atoms with Gasteiger partial charge in [-0.2, -0.15) is 0 Å². The first-order valence-electron chi connectivity index (χ1n) is 10.0. The molecule has 1 amide bonds. The predicted molar refractivity (Wildman–Crippen MR) is 114 cm³/mol. The van der Waals surface area contributed by atoms with E-state index in [1.807, 2.05) is 30.3 Å². The Bertz CT molecular complexity index is 773. The molecule has 150 valence electrons. The van der Waals surface area contributed by atoms with Crippen molar-refractivity contribution < 1.29 is 9.53 Å². The largest absolute Gasteiger partial charge is 0.497 e. The molecule has 3 rings (SSSR count). The zero-order valence-corrected chi connectivity index (χ0v) is 17.3. The lowest BCUT2D eigenvalue weighted by Crippen LogP contribution is -2.40. The van der Waals surface area contributed by atoms with Gasteiger partial charge in [0.25, 0.3) is 0 Å². The number of aryl methyl sites for hydroxylation is 1. The molecule has 5 heteroatoms. The van der Waals surface area contributed by atoms with Crippen molar-refractivity contribution in [1.82, 2.24) is 10.2 Å². The predicted octanol–water partition coefficient (Wildman–Crippen LogP) is 4.31. The molecule has 2 aromatic carbocycles. The molecule has 4 nitrogen and oxygen atoms in total. The van der Waals surface area contributed by atoms with Gasteiger partial charge in [-0.1, -0.05) is 35.9 Å². The fraction of sp³-hybridized carbons (Fsp3) is 0.435. The second-order valence-electron chi connectivity index (χ2n) is 7.43. The maximum absolute atomic E-state index is 12.5. The number of hydrogen-bond donors (Lipinski definition) is 1. The first-order valence-corrected chi connectivity index (χ1v) is 10.4. The first kappa shape index (κ1) is 20.7. The summed E-state index contributed by atoms with van der Waals surface area (Å²) in [7, 11) is 1.68. The van der Waals surface area contributed by atoms with Crippen LogP contribution in [0.15, 0.2) is 48.5 Å². The van der Waals surface area contributed by atoms with Crippen LogP contribution in [0, 0.1) is 5.92 Å². The molecule has 0 aromatic heterocycles. The molecule has 0 atom stereocenters. The average Bonchev–Trinajstić information content (AvgIpc) is 2.72. The Labute approximate surface area is 172 Å². The van der Waals surface area contributed by atoms with Gasteiger partial charge in [0.2, 0.25) is 5.91 Å². The minimum atomic E-state index is 0.132. The zero-order valence-electron chi connectivity index (χ0n) is 16.5. The number of nitrogens with zero attached hydrogens (tertiary/aromatic N) is 1. The van der Waals surface area contributed by atoms with E-state index in [1.54, 1.807) is 7.11 Å². The number of carbonyl (C=O) groups excluding carboxylic acids is 1. The van der Waals surface area contributed by atoms with Crippen LogP contribution < -0.4 is 10.1 Å². The number of rotatable bonds is 8. The van der Waals surface area contributed by atoms with Crippen LogP contribution in [0.2, 0.25) is 5.02 Å². The standard InChI is InChI=1S/C23H29ClN2O2/c1-28-22-9-3-5-18(16-22)7-4-12-25-23(27)20-10-13-26(14-11-20)17-19-6-2-8-21(24)15-19/h2-3,5-6,8-9,15-16,20H,4,7,10-14,17H2,1H3,(H,25,27). The first-order chi connectivity index (χ1) is 13.6. The van der Waals surface area contributed by atoms with Gasteiger partial charge in [-0.15, -0.1) is 0 Å². The highest BCUT2D eigenvalue weighted by molar-refractivity contribution is 6.30. The number of methoxy groups -OCH3 is 1. The van der Waals surface area contributed by atoms with Crippen LogP contribution in [-0.2, 0) is 17.8 Å². The molecule has 1 aliphatic rings. The molecule has 0 radical (unpaired) electrons. The van der Waals surface area contributed by atoms with Gasteiger partial charge in [0.05, 0.1) is 7.11 Å². The highest BCUT2D eigenvalue weighted by Crippen LogP contribution is 2.20. The third-order valence-electron chi connectivity index (χ3n) is 5.33. The Morgan fingerprint density at radius 3 is 2.64 bits per heavy atom. The Kier molecular flexibility index (Phi) is 7.75. The highest BCUT2D eigenvalue weighted by Gasteiger charge is 2.24. The maximum atomic E-state index is 12.5. The second-order valence-corrected chi connectivity index (χ2v) is 7.86. The molecule has 1 heterocycles. The van der Waals surface area contributed by atoms with E-state index in [0.29, 0.717) is 0 Å². The van der Waals surface area contributed by atoms with E-state index in [9.17, 15) is 4.79 Å². The van der Waals surface area contributed by atoms with Gasteiger partial charge in [-0.05, 0) is 74.2 Å². The molecule has 2 aromatic rings. The molecule has 0 unspecified atom stereocenters. The van der Waals surface area contributed by atoms with Crippen LogP contribution in [0.3, 0.4) is 0 Å². The van der Waals surface area contributed by atoms with E-state index in [1.165, 1.54) is 11.1 Å². The molecule has 1 N–H and O–H groups in total. The monoisotopic (exact) mass is 400 g/mol. The van der Waals surface area contributed by atoms with Crippen molar-refractivity contribution in [3.05, 3.63) is 64.7 Å². The number of piperidine rings is 1. The summed E-state index contributed by atoms with van der Waals surface area (Å²) in [5.41, 5.74) is 2.47. The lowest BCUT2D eigenvalue weighted by atomic mass is 9.95. The normalized spacial score (nSPS) is 15.4. The molecule has 0 aliphatic carbocycles. The molecule has 1 aliphatic heterocycles. The van der Waals surface area contributed by atoms with E-state index < -0.39 is 0 Å². The minimum Gasteiger partial charge on any atom is -0.497 e. The summed E-state index contributed by atoms with van der Waals surface area (Å²) < 4.78 is 5.25. The van der Waals surface area contributed by atoms with E-state index in [2.05, 4.69) is 28.4 Å². The number of ether oxygens (including phenoxy) is 1. The maximum Gasteiger partial charge on any atom is 0.223 e. The average molecular weight is 401 g/mol. The van der Waals surface area contributed by atoms with Crippen LogP contribution in [0.5, 0.6) is 5.75 Å². The van der Waals surface area contributed by atoms with Gasteiger partial charge in [-0.25, -0.2) is 0 Å². The van der Waals surface area contributed by atoms with Gasteiger partial charge in [0, 0.05) is 24.0 Å². The Hall–Kier alpha value is -2.04. The van der Waals surface area contributed by atoms with Crippen LogP contribution in [0.1, 0.15) is 30.4 Å². The van der Waals surface area contributed by atoms with Crippen LogP contribution in [0.4, 0.5) is 0 Å². The molecule has 0 spiro atoms. The van der Waals surface area contributed by atoms with Crippen molar-refractivity contribution in [2.75, 3.05) is 26.7 Å². The lowest BCUT2D eigenvalue weighted by molar-refractivity contribution is -0.126. The fourth-order valence-corrected chi connectivity index (χ4v) is 3.94. The van der Waals surface area contributed by atoms with E-state index in [-0.39, 0.29) is 11.8 Å². The Balaban J connectivity index is 1.34. The topological polar surface area (TPSA) is 41.6 Å². The van der Waals surface area contributed by atoms with E-state index >= 15 is 0 Å². The molecule has 0 saturated carbocycles. The molecule has 0 bridgehead atoms. The van der Waals surface area contributed by atoms with Crippen LogP contribution in [0.25, 0.3) is 0 Å². The summed E-state index contributed by atoms with van der Waals surface area (Å²) in [6.07, 6.45) is 3.71. The third kappa shape index (κ3) is 6.25. The fourth-order valence-electron chi connectivity index (χ4n) is 3.72. The van der Waals surface area contributed by atoms with Gasteiger partial charge < -0.3 is 10.1 Å². The molecular weight excluding hydrogens is 372 g/mol. The number of carbonyl (C=O) groups is 1. The molecular formula is C23H29ClN2O2. The quantitative estimate of drug-likeness (QED) is 0.671. The van der Waals surface area contributed by atoms with Crippen molar-refractivity contribution in [3.63, 3.8) is 0 Å². The third-order valence-corrected chi connectivity index (χ3v) is 5.56. The summed E-state index contributed by atoms with van der Waals surface area (Å²) in [6, 6.07) is 16.1. The summed E-state index contributed by atoms with van der Waals surface area (Å²) in [5, 5.41) is 3.90. The highest BCUT2D eigenvalue weighted by atomic mass is 35.5. The van der Waals surface area contributed by atoms with Crippen molar-refractivity contribution in [3.8, 4) is 5.75 Å². The van der Waals surface area contributed by atoms with Crippen molar-refractivity contribution in [1.29, 1.82) is 0 Å². The van der Waals surface area contributed by atoms with Gasteiger partial charge in [0.15, 0.2) is 0 Å². The second kappa shape index (κ2) is 10.5. The summed E-state index contributed by atoms with van der Waals surface area (Å²) >= 11 is 6.06. The van der Waals surface area contributed by atoms with E-state index in [0.717, 1.165) is 62.6 Å². The summed E-state index contributed by atoms with van der Waals surface area (Å²) in [6.45, 7) is 3.52. The Morgan fingerprint density at radius 2 is 1.89 bits per heavy atom. The smallest absolute Gasteiger partial charge is 0.223 e. The molecule has 28 heavy (non-hydrogen) atoms. The molecule has 1 saturated heterocycles. The number of likely N-dealkylation sites (tertiary alicyclic amines) is 1. The summed E-state index contributed by atoms with van der Waals surface area (Å²) in [5.74, 6) is 1.21. The van der Waals surface area contributed by atoms with Crippen LogP contribution in [-0.4, -0.2) is 37.6 Å².